The molecule has 124 valence electrons. The molecule has 1 unspecified atom stereocenters. The lowest BCUT2D eigenvalue weighted by atomic mass is 10.1. The number of amides is 1. The van der Waals surface area contributed by atoms with Crippen molar-refractivity contribution in [3.05, 3.63) is 29.6 Å². The zero-order valence-electron chi connectivity index (χ0n) is 13.6. The lowest BCUT2D eigenvalue weighted by molar-refractivity contribution is -0.118. The molecule has 0 bridgehead atoms. The average molecular weight is 318 g/mol. The monoisotopic (exact) mass is 318 g/mol. The zero-order valence-corrected chi connectivity index (χ0v) is 13.6. The Morgan fingerprint density at radius 2 is 2.26 bits per heavy atom. The third kappa shape index (κ3) is 4.37. The van der Waals surface area contributed by atoms with Crippen LogP contribution in [0.3, 0.4) is 0 Å². The summed E-state index contributed by atoms with van der Waals surface area (Å²) in [6.07, 6.45) is 0.620. The number of rotatable bonds is 7. The Bertz CT molecular complexity index is 665. The van der Waals surface area contributed by atoms with Crippen LogP contribution in [0.15, 0.2) is 22.7 Å². The molecule has 0 radical (unpaired) electrons. The fourth-order valence-electron chi connectivity index (χ4n) is 2.08. The van der Waals surface area contributed by atoms with E-state index in [1.807, 2.05) is 32.0 Å². The average Bonchev–Trinajstić information content (AvgIpc) is 3.03. The Kier molecular flexibility index (Phi) is 5.84. The van der Waals surface area contributed by atoms with Crippen LogP contribution in [0.2, 0.25) is 0 Å². The SMILES string of the molecule is CCc1noc(-c2ccc(C)c(NC(=O)CC(CN)OC)c2)n1. The number of methoxy groups -OCH3 is 1. The Morgan fingerprint density at radius 1 is 1.48 bits per heavy atom. The van der Waals surface area contributed by atoms with Gasteiger partial charge in [0.25, 0.3) is 5.89 Å². The maximum absolute atomic E-state index is 12.1. The van der Waals surface area contributed by atoms with E-state index in [9.17, 15) is 4.79 Å². The molecule has 0 saturated carbocycles. The van der Waals surface area contributed by atoms with Crippen molar-refractivity contribution in [3.63, 3.8) is 0 Å². The lowest BCUT2D eigenvalue weighted by Gasteiger charge is -2.14. The number of nitrogens with zero attached hydrogens (tertiary/aromatic N) is 2. The highest BCUT2D eigenvalue weighted by molar-refractivity contribution is 5.92. The largest absolute Gasteiger partial charge is 0.380 e. The Balaban J connectivity index is 2.15. The number of aromatic nitrogens is 2. The van der Waals surface area contributed by atoms with Crippen LogP contribution in [0.25, 0.3) is 11.5 Å². The molecule has 3 N–H and O–H groups in total. The Morgan fingerprint density at radius 3 is 2.87 bits per heavy atom. The molecule has 1 atom stereocenters. The van der Waals surface area contributed by atoms with Gasteiger partial charge in [-0.1, -0.05) is 18.1 Å². The number of aryl methyl sites for hydroxylation is 2. The standard InChI is InChI=1S/C16H22N4O3/c1-4-14-19-16(23-20-14)11-6-5-10(2)13(7-11)18-15(21)8-12(9-17)22-3/h5-7,12H,4,8-9,17H2,1-3H3,(H,18,21). The van der Waals surface area contributed by atoms with Gasteiger partial charge in [0, 0.05) is 31.3 Å². The molecule has 7 nitrogen and oxygen atoms in total. The summed E-state index contributed by atoms with van der Waals surface area (Å²) in [4.78, 5) is 16.4. The Labute approximate surface area is 135 Å². The smallest absolute Gasteiger partial charge is 0.257 e. The normalized spacial score (nSPS) is 12.2. The third-order valence-corrected chi connectivity index (χ3v) is 3.55. The van der Waals surface area contributed by atoms with Crippen molar-refractivity contribution >= 4 is 11.6 Å². The van der Waals surface area contributed by atoms with Crippen molar-refractivity contribution in [2.75, 3.05) is 19.0 Å². The maximum Gasteiger partial charge on any atom is 0.257 e. The fourth-order valence-corrected chi connectivity index (χ4v) is 2.08. The van der Waals surface area contributed by atoms with Gasteiger partial charge in [-0.05, 0) is 24.6 Å². The van der Waals surface area contributed by atoms with E-state index < -0.39 is 0 Å². The van der Waals surface area contributed by atoms with Crippen molar-refractivity contribution in [2.45, 2.75) is 32.8 Å². The zero-order chi connectivity index (χ0) is 16.8. The van der Waals surface area contributed by atoms with Crippen molar-refractivity contribution in [2.24, 2.45) is 5.73 Å². The summed E-state index contributed by atoms with van der Waals surface area (Å²) in [6, 6.07) is 5.61. The van der Waals surface area contributed by atoms with Crippen LogP contribution in [0, 0.1) is 6.92 Å². The molecule has 23 heavy (non-hydrogen) atoms. The van der Waals surface area contributed by atoms with E-state index in [-0.39, 0.29) is 18.4 Å². The molecule has 0 aliphatic rings. The van der Waals surface area contributed by atoms with Crippen LogP contribution in [-0.4, -0.2) is 35.8 Å². The van der Waals surface area contributed by atoms with Crippen LogP contribution >= 0.6 is 0 Å². The number of hydrogen-bond donors (Lipinski definition) is 2. The van der Waals surface area contributed by atoms with Crippen molar-refractivity contribution < 1.29 is 14.1 Å². The van der Waals surface area contributed by atoms with Gasteiger partial charge in [0.15, 0.2) is 5.82 Å². The molecule has 1 amide bonds. The molecule has 0 aliphatic carbocycles. The summed E-state index contributed by atoms with van der Waals surface area (Å²) >= 11 is 0. The molecule has 1 heterocycles. The first-order valence-corrected chi connectivity index (χ1v) is 7.53. The van der Waals surface area contributed by atoms with Gasteiger partial charge >= 0.3 is 0 Å². The number of nitrogens with two attached hydrogens (primary N) is 1. The van der Waals surface area contributed by atoms with Gasteiger partial charge in [0.2, 0.25) is 5.91 Å². The minimum atomic E-state index is -0.290. The molecular formula is C16H22N4O3. The molecule has 0 saturated heterocycles. The van der Waals surface area contributed by atoms with E-state index in [1.165, 1.54) is 7.11 Å². The first kappa shape index (κ1) is 17.1. The molecule has 1 aromatic carbocycles. The molecule has 0 fully saturated rings. The van der Waals surface area contributed by atoms with Gasteiger partial charge in [-0.15, -0.1) is 0 Å². The summed E-state index contributed by atoms with van der Waals surface area (Å²) < 4.78 is 10.4. The van der Waals surface area contributed by atoms with Crippen LogP contribution in [0.1, 0.15) is 24.7 Å². The van der Waals surface area contributed by atoms with E-state index in [4.69, 9.17) is 15.0 Å². The highest BCUT2D eigenvalue weighted by Gasteiger charge is 2.14. The lowest BCUT2D eigenvalue weighted by Crippen LogP contribution is -2.28. The number of ether oxygens (including phenoxy) is 1. The predicted octanol–water partition coefficient (Wildman–Crippen LogP) is 1.91. The molecule has 2 rings (SSSR count). The van der Waals surface area contributed by atoms with Crippen LogP contribution in [0.4, 0.5) is 5.69 Å². The summed E-state index contributed by atoms with van der Waals surface area (Å²) in [6.45, 7) is 4.17. The van der Waals surface area contributed by atoms with E-state index >= 15 is 0 Å². The number of benzene rings is 1. The van der Waals surface area contributed by atoms with Crippen molar-refractivity contribution in [1.29, 1.82) is 0 Å². The number of anilines is 1. The molecular weight excluding hydrogens is 296 g/mol. The van der Waals surface area contributed by atoms with Crippen LogP contribution in [-0.2, 0) is 16.0 Å². The minimum absolute atomic E-state index is 0.151. The molecule has 1 aromatic heterocycles. The van der Waals surface area contributed by atoms with E-state index in [0.29, 0.717) is 30.4 Å². The van der Waals surface area contributed by atoms with Gasteiger partial charge in [-0.2, -0.15) is 4.98 Å². The fraction of sp³-hybridized carbons (Fsp3) is 0.438. The number of nitrogens with one attached hydrogen (secondary N) is 1. The molecule has 0 aliphatic heterocycles. The van der Waals surface area contributed by atoms with Gasteiger partial charge in [-0.3, -0.25) is 4.79 Å². The van der Waals surface area contributed by atoms with Gasteiger partial charge in [-0.25, -0.2) is 0 Å². The summed E-state index contributed by atoms with van der Waals surface area (Å²) in [5.74, 6) is 0.938. The van der Waals surface area contributed by atoms with Crippen molar-refractivity contribution in [1.82, 2.24) is 10.1 Å². The summed E-state index contributed by atoms with van der Waals surface area (Å²) in [7, 11) is 1.54. The predicted molar refractivity (Wildman–Crippen MR) is 86.9 cm³/mol. The Hall–Kier alpha value is -2.25. The second-order valence-electron chi connectivity index (χ2n) is 5.24. The molecule has 7 heteroatoms. The topological polar surface area (TPSA) is 103 Å². The third-order valence-electron chi connectivity index (χ3n) is 3.55. The van der Waals surface area contributed by atoms with E-state index in [2.05, 4.69) is 15.5 Å². The van der Waals surface area contributed by atoms with Crippen LogP contribution < -0.4 is 11.1 Å². The van der Waals surface area contributed by atoms with Gasteiger partial charge < -0.3 is 20.3 Å². The van der Waals surface area contributed by atoms with E-state index in [0.717, 1.165) is 11.1 Å². The molecule has 0 spiro atoms. The quantitative estimate of drug-likeness (QED) is 0.808. The van der Waals surface area contributed by atoms with Gasteiger partial charge in [0.05, 0.1) is 12.5 Å². The number of hydrogen-bond acceptors (Lipinski definition) is 6. The highest BCUT2D eigenvalue weighted by atomic mass is 16.5. The second-order valence-corrected chi connectivity index (χ2v) is 5.24. The highest BCUT2D eigenvalue weighted by Crippen LogP contribution is 2.24. The number of carbonyl (C=O) groups excluding carboxylic acids is 1. The summed E-state index contributed by atoms with van der Waals surface area (Å²) in [5, 5.41) is 6.76. The van der Waals surface area contributed by atoms with Crippen molar-refractivity contribution in [3.8, 4) is 11.5 Å². The summed E-state index contributed by atoms with van der Waals surface area (Å²) in [5.41, 5.74) is 7.95. The van der Waals surface area contributed by atoms with Crippen LogP contribution in [0.5, 0.6) is 0 Å². The van der Waals surface area contributed by atoms with E-state index in [1.54, 1.807) is 0 Å². The molecule has 2 aromatic rings. The second kappa shape index (κ2) is 7.85. The van der Waals surface area contributed by atoms with Gasteiger partial charge in [0.1, 0.15) is 0 Å². The maximum atomic E-state index is 12.1. The number of carbonyl (C=O) groups is 1. The first-order chi connectivity index (χ1) is 11.1. The first-order valence-electron chi connectivity index (χ1n) is 7.53. The minimum Gasteiger partial charge on any atom is -0.380 e.